The van der Waals surface area contributed by atoms with Gasteiger partial charge in [-0.1, -0.05) is 6.07 Å². The normalized spacial score (nSPS) is 17.5. The van der Waals surface area contributed by atoms with Gasteiger partial charge < -0.3 is 15.1 Å². The highest BCUT2D eigenvalue weighted by atomic mass is 32.2. The fourth-order valence-corrected chi connectivity index (χ4v) is 6.50. The first-order valence-corrected chi connectivity index (χ1v) is 13.2. The second-order valence-electron chi connectivity index (χ2n) is 8.37. The molecule has 2 N–H and O–H groups in total. The van der Waals surface area contributed by atoms with Gasteiger partial charge in [-0.2, -0.15) is 11.8 Å². The molecule has 2 atom stereocenters. The number of nitrogens with zero attached hydrogens (tertiary/aromatic N) is 1. The maximum absolute atomic E-state index is 12.6. The molecule has 3 aromatic rings. The molecule has 0 amide bonds. The Morgan fingerprint density at radius 2 is 1.82 bits per heavy atom. The maximum Gasteiger partial charge on any atom is 0.253 e. The van der Waals surface area contributed by atoms with E-state index in [1.165, 1.54) is 20.2 Å². The van der Waals surface area contributed by atoms with Crippen molar-refractivity contribution in [2.45, 2.75) is 42.9 Å². The Labute approximate surface area is 197 Å². The number of anilines is 3. The summed E-state index contributed by atoms with van der Waals surface area (Å²) in [5.74, 6) is 2.53. The molecule has 1 fully saturated rings. The Balaban J connectivity index is 1.67. The summed E-state index contributed by atoms with van der Waals surface area (Å²) in [7, 11) is -0.735. The molecule has 1 aromatic heterocycles. The number of sulfonamides is 1. The van der Waals surface area contributed by atoms with E-state index in [-0.39, 0.29) is 27.6 Å². The molecule has 1 aliphatic rings. The van der Waals surface area contributed by atoms with Gasteiger partial charge in [-0.3, -0.25) is 9.59 Å². The van der Waals surface area contributed by atoms with Crippen molar-refractivity contribution in [1.29, 1.82) is 0 Å². The molecular weight excluding hydrogens is 462 g/mol. The smallest absolute Gasteiger partial charge is 0.253 e. The van der Waals surface area contributed by atoms with Crippen molar-refractivity contribution in [3.8, 4) is 0 Å². The summed E-state index contributed by atoms with van der Waals surface area (Å²) in [6, 6.07) is 8.33. The molecule has 0 bridgehead atoms. The minimum atomic E-state index is -3.66. The van der Waals surface area contributed by atoms with Crippen LogP contribution in [0.1, 0.15) is 36.0 Å². The first-order valence-electron chi connectivity index (χ1n) is 10.7. The number of aryl methyl sites for hydroxylation is 1. The van der Waals surface area contributed by atoms with Gasteiger partial charge in [-0.25, -0.2) is 12.7 Å². The van der Waals surface area contributed by atoms with Crippen LogP contribution in [0.2, 0.25) is 0 Å². The van der Waals surface area contributed by atoms with Gasteiger partial charge in [-0.15, -0.1) is 0 Å². The fourth-order valence-electron chi connectivity index (χ4n) is 4.00. The van der Waals surface area contributed by atoms with Crippen LogP contribution in [0.4, 0.5) is 17.1 Å². The standard InChI is InChI=1S/C23H27N3O5S2/c1-13-10-11-16(31-13)19(17-8-6-12-32-17)25-21-20(22(27)23(21)28)24-15-7-5-9-18(14(15)2)33(29,30)26(3)4/h5,7,9-11,17,19,24-25H,6,8,12H2,1-4H3. The lowest BCUT2D eigenvalue weighted by Gasteiger charge is -2.26. The minimum Gasteiger partial charge on any atom is -0.464 e. The molecule has 2 heterocycles. The van der Waals surface area contributed by atoms with Crippen molar-refractivity contribution < 1.29 is 12.8 Å². The van der Waals surface area contributed by atoms with Crippen LogP contribution in [0, 0.1) is 13.8 Å². The molecule has 8 nitrogen and oxygen atoms in total. The molecule has 1 aliphatic heterocycles. The molecular formula is C23H27N3O5S2. The summed E-state index contributed by atoms with van der Waals surface area (Å²) in [4.78, 5) is 25.1. The number of furan rings is 1. The minimum absolute atomic E-state index is 0.136. The van der Waals surface area contributed by atoms with E-state index in [9.17, 15) is 18.0 Å². The van der Waals surface area contributed by atoms with Gasteiger partial charge in [0.15, 0.2) is 0 Å². The summed E-state index contributed by atoms with van der Waals surface area (Å²) in [5.41, 5.74) is 0.0313. The SMILES string of the molecule is Cc1ccc(C(Nc2c(Nc3cccc(S(=O)(=O)N(C)C)c3C)c(=O)c2=O)C2CCCS2)o1. The first kappa shape index (κ1) is 23.6. The lowest BCUT2D eigenvalue weighted by Crippen LogP contribution is -2.38. The van der Waals surface area contributed by atoms with Crippen molar-refractivity contribution >= 4 is 38.8 Å². The Morgan fingerprint density at radius 1 is 1.09 bits per heavy atom. The van der Waals surface area contributed by atoms with Gasteiger partial charge in [0.2, 0.25) is 10.0 Å². The Kier molecular flexibility index (Phi) is 6.43. The molecule has 1 saturated heterocycles. The molecule has 0 saturated carbocycles. The van der Waals surface area contributed by atoms with Crippen molar-refractivity contribution in [2.75, 3.05) is 30.5 Å². The molecule has 10 heteroatoms. The lowest BCUT2D eigenvalue weighted by atomic mass is 10.0. The molecule has 0 spiro atoms. The summed E-state index contributed by atoms with van der Waals surface area (Å²) in [5, 5.41) is 6.48. The van der Waals surface area contributed by atoms with Crippen molar-refractivity contribution in [2.24, 2.45) is 0 Å². The van der Waals surface area contributed by atoms with Crippen LogP contribution < -0.4 is 21.5 Å². The van der Waals surface area contributed by atoms with Crippen LogP contribution in [0.25, 0.3) is 0 Å². The fraction of sp³-hybridized carbons (Fsp3) is 0.391. The van der Waals surface area contributed by atoms with Gasteiger partial charge in [0, 0.05) is 25.0 Å². The highest BCUT2D eigenvalue weighted by Gasteiger charge is 2.33. The van der Waals surface area contributed by atoms with Crippen LogP contribution in [0.5, 0.6) is 0 Å². The van der Waals surface area contributed by atoms with Gasteiger partial charge >= 0.3 is 0 Å². The summed E-state index contributed by atoms with van der Waals surface area (Å²) >= 11 is 1.82. The van der Waals surface area contributed by atoms with Crippen LogP contribution >= 0.6 is 11.8 Å². The summed E-state index contributed by atoms with van der Waals surface area (Å²) in [6.07, 6.45) is 2.06. The number of rotatable bonds is 8. The van der Waals surface area contributed by atoms with E-state index in [4.69, 9.17) is 4.42 Å². The van der Waals surface area contributed by atoms with Gasteiger partial charge in [0.05, 0.1) is 10.9 Å². The molecule has 0 radical (unpaired) electrons. The van der Waals surface area contributed by atoms with Gasteiger partial charge in [0.25, 0.3) is 10.9 Å². The summed E-state index contributed by atoms with van der Waals surface area (Å²) < 4.78 is 32.3. The highest BCUT2D eigenvalue weighted by molar-refractivity contribution is 8.00. The van der Waals surface area contributed by atoms with Crippen molar-refractivity contribution in [3.05, 3.63) is 67.9 Å². The molecule has 176 valence electrons. The number of hydrogen-bond acceptors (Lipinski definition) is 8. The predicted molar refractivity (Wildman–Crippen MR) is 132 cm³/mol. The highest BCUT2D eigenvalue weighted by Crippen LogP contribution is 2.39. The Morgan fingerprint density at radius 3 is 2.42 bits per heavy atom. The summed E-state index contributed by atoms with van der Waals surface area (Å²) in [6.45, 7) is 3.53. The third-order valence-corrected chi connectivity index (χ3v) is 9.34. The van der Waals surface area contributed by atoms with E-state index < -0.39 is 20.9 Å². The third kappa shape index (κ3) is 4.34. The molecule has 33 heavy (non-hydrogen) atoms. The zero-order valence-corrected chi connectivity index (χ0v) is 20.6. The second kappa shape index (κ2) is 9.00. The average Bonchev–Trinajstić information content (AvgIpc) is 3.46. The third-order valence-electron chi connectivity index (χ3n) is 5.92. The molecule has 4 rings (SSSR count). The maximum atomic E-state index is 12.6. The quantitative estimate of drug-likeness (QED) is 0.463. The number of benzene rings is 1. The van der Waals surface area contributed by atoms with Crippen LogP contribution in [-0.2, 0) is 10.0 Å². The van der Waals surface area contributed by atoms with Crippen LogP contribution in [0.15, 0.2) is 49.2 Å². The molecule has 0 aliphatic carbocycles. The van der Waals surface area contributed by atoms with E-state index in [0.717, 1.165) is 34.4 Å². The average molecular weight is 490 g/mol. The number of hydrogen-bond donors (Lipinski definition) is 2. The monoisotopic (exact) mass is 489 g/mol. The zero-order chi connectivity index (χ0) is 23.9. The Bertz CT molecular complexity index is 1350. The largest absolute Gasteiger partial charge is 0.464 e. The number of thioether (sulfide) groups is 1. The van der Waals surface area contributed by atoms with E-state index in [0.29, 0.717) is 11.3 Å². The molecule has 2 unspecified atom stereocenters. The van der Waals surface area contributed by atoms with Gasteiger partial charge in [0.1, 0.15) is 22.9 Å². The van der Waals surface area contributed by atoms with Crippen LogP contribution in [-0.4, -0.2) is 37.8 Å². The second-order valence-corrected chi connectivity index (χ2v) is 11.8. The Hall–Kier alpha value is -2.56. The van der Waals surface area contributed by atoms with Gasteiger partial charge in [-0.05, 0) is 62.3 Å². The van der Waals surface area contributed by atoms with E-state index >= 15 is 0 Å². The van der Waals surface area contributed by atoms with E-state index in [1.807, 2.05) is 30.8 Å². The van der Waals surface area contributed by atoms with Crippen LogP contribution in [0.3, 0.4) is 0 Å². The van der Waals surface area contributed by atoms with Crippen molar-refractivity contribution in [1.82, 2.24) is 4.31 Å². The molecule has 2 aromatic carbocycles. The van der Waals surface area contributed by atoms with E-state index in [1.54, 1.807) is 19.1 Å². The van der Waals surface area contributed by atoms with Crippen molar-refractivity contribution in [3.63, 3.8) is 0 Å². The first-order chi connectivity index (χ1) is 15.6. The van der Waals surface area contributed by atoms with E-state index in [2.05, 4.69) is 10.6 Å². The topological polar surface area (TPSA) is 109 Å². The number of nitrogens with one attached hydrogen (secondary N) is 2. The zero-order valence-electron chi connectivity index (χ0n) is 19.0. The predicted octanol–water partition coefficient (Wildman–Crippen LogP) is 3.54. The lowest BCUT2D eigenvalue weighted by molar-refractivity contribution is 0.449.